The lowest BCUT2D eigenvalue weighted by atomic mass is 9.90. The second-order valence-electron chi connectivity index (χ2n) is 8.73. The number of amides is 1. The molecule has 1 aromatic carbocycles. The van der Waals surface area contributed by atoms with Gasteiger partial charge in [-0.15, -0.1) is 0 Å². The minimum atomic E-state index is -0.896. The lowest BCUT2D eigenvalue weighted by Crippen LogP contribution is -2.36. The largest absolute Gasteiger partial charge is 0.488 e. The number of benzene rings is 1. The molecule has 2 aromatic heterocycles. The number of hydrogen-bond donors (Lipinski definition) is 2. The number of H-pyrrole nitrogens is 1. The van der Waals surface area contributed by atoms with Crippen LogP contribution in [0.4, 0.5) is 5.69 Å². The van der Waals surface area contributed by atoms with Gasteiger partial charge in [-0.3, -0.25) is 14.6 Å². The van der Waals surface area contributed by atoms with Crippen molar-refractivity contribution in [3.8, 4) is 5.75 Å². The zero-order valence-electron chi connectivity index (χ0n) is 19.3. The Morgan fingerprint density at radius 3 is 2.79 bits per heavy atom. The molecular formula is C24H29ClN4O4. The van der Waals surface area contributed by atoms with Crippen LogP contribution in [0, 0.1) is 5.92 Å². The summed E-state index contributed by atoms with van der Waals surface area (Å²) in [4.78, 5) is 34.9. The molecule has 1 fully saturated rings. The highest BCUT2D eigenvalue weighted by Gasteiger charge is 2.46. The van der Waals surface area contributed by atoms with Crippen molar-refractivity contribution in [1.82, 2.24) is 14.9 Å². The third-order valence-electron chi connectivity index (χ3n) is 6.31. The lowest BCUT2D eigenvalue weighted by molar-refractivity contribution is -0.147. The van der Waals surface area contributed by atoms with Gasteiger partial charge in [-0.05, 0) is 39.1 Å². The number of carbonyl (C=O) groups is 2. The summed E-state index contributed by atoms with van der Waals surface area (Å²) in [5.74, 6) is -0.940. The summed E-state index contributed by atoms with van der Waals surface area (Å²) < 4.78 is 11.5. The van der Waals surface area contributed by atoms with Crippen molar-refractivity contribution in [2.45, 2.75) is 39.7 Å². The summed E-state index contributed by atoms with van der Waals surface area (Å²) >= 11 is 6.67. The van der Waals surface area contributed by atoms with Crippen LogP contribution in [0.1, 0.15) is 34.1 Å². The molecule has 8 nitrogen and oxygen atoms in total. The Balaban J connectivity index is 1.75. The zero-order chi connectivity index (χ0) is 23.8. The van der Waals surface area contributed by atoms with Crippen molar-refractivity contribution in [1.29, 1.82) is 0 Å². The maximum atomic E-state index is 13.3. The van der Waals surface area contributed by atoms with Crippen LogP contribution < -0.4 is 10.1 Å². The van der Waals surface area contributed by atoms with Gasteiger partial charge in [0.25, 0.3) is 0 Å². The van der Waals surface area contributed by atoms with Gasteiger partial charge in [-0.2, -0.15) is 0 Å². The fraction of sp³-hybridized carbons (Fsp3) is 0.458. The molecule has 0 aliphatic carbocycles. The minimum absolute atomic E-state index is 0.0251. The number of nitrogens with zero attached hydrogens (tertiary/aromatic N) is 2. The maximum Gasteiger partial charge on any atom is 0.307 e. The van der Waals surface area contributed by atoms with Gasteiger partial charge in [0.1, 0.15) is 17.9 Å². The number of ether oxygens (including phenoxy) is 2. The van der Waals surface area contributed by atoms with E-state index in [1.165, 1.54) is 0 Å². The highest BCUT2D eigenvalue weighted by molar-refractivity contribution is 6.35. The Kier molecular flexibility index (Phi) is 6.50. The topological polar surface area (TPSA) is 96.5 Å². The monoisotopic (exact) mass is 472 g/mol. The summed E-state index contributed by atoms with van der Waals surface area (Å²) in [5, 5.41) is 5.18. The van der Waals surface area contributed by atoms with E-state index in [2.05, 4.69) is 34.0 Å². The molecule has 1 aliphatic heterocycles. The first-order valence-corrected chi connectivity index (χ1v) is 11.6. The highest BCUT2D eigenvalue weighted by atomic mass is 35.5. The molecule has 176 valence electrons. The number of rotatable bonds is 8. The van der Waals surface area contributed by atoms with Crippen LogP contribution in [-0.4, -0.2) is 58.6 Å². The normalized spacial score (nSPS) is 17.6. The molecular weight excluding hydrogens is 444 g/mol. The molecule has 0 unspecified atom stereocenters. The third-order valence-corrected chi connectivity index (χ3v) is 6.59. The molecule has 0 radical (unpaired) electrons. The Labute approximate surface area is 197 Å². The molecule has 33 heavy (non-hydrogen) atoms. The number of halogens is 1. The molecule has 0 saturated carbocycles. The number of aromatic amines is 1. The number of likely N-dealkylation sites (N-methyl/N-ethyl adjacent to an activating group) is 1. The second kappa shape index (κ2) is 9.19. The van der Waals surface area contributed by atoms with Crippen LogP contribution in [0.25, 0.3) is 21.8 Å². The molecule has 4 rings (SSSR count). The standard InChI is InChI=1S/C24H29ClN4O4/c1-5-29(6-2)9-10-32-22-17(25)11-15-14-7-8-26-13-18(14)27-20(15)21(22)28-23(31)16-12-19(30)33-24(16,3)4/h7-8,11,13,16,27H,5-6,9-10,12H2,1-4H3,(H,28,31)/t16-/m0/s1. The van der Waals surface area contributed by atoms with Gasteiger partial charge in [0.05, 0.1) is 34.6 Å². The summed E-state index contributed by atoms with van der Waals surface area (Å²) in [5.41, 5.74) is 1.07. The first-order valence-electron chi connectivity index (χ1n) is 11.2. The summed E-state index contributed by atoms with van der Waals surface area (Å²) in [7, 11) is 0. The van der Waals surface area contributed by atoms with Gasteiger partial charge in [-0.1, -0.05) is 25.4 Å². The van der Waals surface area contributed by atoms with E-state index in [9.17, 15) is 9.59 Å². The van der Waals surface area contributed by atoms with Gasteiger partial charge in [0.15, 0.2) is 5.75 Å². The number of nitrogens with one attached hydrogen (secondary N) is 2. The molecule has 2 N–H and O–H groups in total. The number of anilines is 1. The van der Waals surface area contributed by atoms with Crippen LogP contribution in [0.5, 0.6) is 5.75 Å². The maximum absolute atomic E-state index is 13.3. The van der Waals surface area contributed by atoms with Crippen LogP contribution in [0.3, 0.4) is 0 Å². The Bertz CT molecular complexity index is 1200. The van der Waals surface area contributed by atoms with Gasteiger partial charge in [0.2, 0.25) is 5.91 Å². The minimum Gasteiger partial charge on any atom is -0.488 e. The number of pyridine rings is 1. The van der Waals surface area contributed by atoms with E-state index in [0.29, 0.717) is 28.6 Å². The van der Waals surface area contributed by atoms with Crippen molar-refractivity contribution in [2.24, 2.45) is 5.92 Å². The highest BCUT2D eigenvalue weighted by Crippen LogP contribution is 2.43. The van der Waals surface area contributed by atoms with Crippen LogP contribution >= 0.6 is 11.6 Å². The zero-order valence-corrected chi connectivity index (χ0v) is 20.1. The van der Waals surface area contributed by atoms with E-state index in [4.69, 9.17) is 21.1 Å². The molecule has 1 saturated heterocycles. The quantitative estimate of drug-likeness (QED) is 0.472. The molecule has 0 bridgehead atoms. The smallest absolute Gasteiger partial charge is 0.307 e. The van der Waals surface area contributed by atoms with E-state index in [1.807, 2.05) is 12.1 Å². The lowest BCUT2D eigenvalue weighted by Gasteiger charge is -2.25. The third kappa shape index (κ3) is 4.50. The molecule has 1 amide bonds. The Morgan fingerprint density at radius 2 is 2.12 bits per heavy atom. The average Bonchev–Trinajstić information content (AvgIpc) is 3.28. The van der Waals surface area contributed by atoms with Crippen molar-refractivity contribution in [2.75, 3.05) is 31.6 Å². The van der Waals surface area contributed by atoms with Crippen molar-refractivity contribution >= 4 is 51.0 Å². The van der Waals surface area contributed by atoms with E-state index in [-0.39, 0.29) is 18.3 Å². The number of hydrogen-bond acceptors (Lipinski definition) is 6. The number of carbonyl (C=O) groups excluding carboxylic acids is 2. The number of cyclic esters (lactones) is 1. The van der Waals surface area contributed by atoms with Gasteiger partial charge < -0.3 is 24.7 Å². The number of aromatic nitrogens is 2. The number of fused-ring (bicyclic) bond motifs is 3. The van der Waals surface area contributed by atoms with E-state index < -0.39 is 11.5 Å². The average molecular weight is 473 g/mol. The first kappa shape index (κ1) is 23.3. The van der Waals surface area contributed by atoms with Crippen molar-refractivity contribution in [3.05, 3.63) is 29.5 Å². The first-order chi connectivity index (χ1) is 15.7. The van der Waals surface area contributed by atoms with Crippen molar-refractivity contribution < 1.29 is 19.1 Å². The Morgan fingerprint density at radius 1 is 1.36 bits per heavy atom. The molecule has 0 spiro atoms. The molecule has 3 heterocycles. The van der Waals surface area contributed by atoms with E-state index in [1.54, 1.807) is 26.2 Å². The molecule has 3 aromatic rings. The van der Waals surface area contributed by atoms with Crippen LogP contribution in [-0.2, 0) is 14.3 Å². The van der Waals surface area contributed by atoms with E-state index >= 15 is 0 Å². The predicted molar refractivity (Wildman–Crippen MR) is 129 cm³/mol. The fourth-order valence-electron chi connectivity index (χ4n) is 4.35. The van der Waals surface area contributed by atoms with Crippen LogP contribution in [0.2, 0.25) is 5.02 Å². The van der Waals surface area contributed by atoms with Gasteiger partial charge in [-0.25, -0.2) is 0 Å². The SMILES string of the molecule is CCN(CC)CCOc1c(Cl)cc2c([nH]c3cnccc32)c1NC(=O)[C@@H]1CC(=O)OC1(C)C. The summed E-state index contributed by atoms with van der Waals surface area (Å²) in [6, 6.07) is 3.73. The summed E-state index contributed by atoms with van der Waals surface area (Å²) in [6.07, 6.45) is 3.46. The van der Waals surface area contributed by atoms with E-state index in [0.717, 1.165) is 35.9 Å². The van der Waals surface area contributed by atoms with Crippen LogP contribution in [0.15, 0.2) is 24.5 Å². The summed E-state index contributed by atoms with van der Waals surface area (Å²) in [6.45, 7) is 10.6. The van der Waals surface area contributed by atoms with Crippen molar-refractivity contribution in [3.63, 3.8) is 0 Å². The van der Waals surface area contributed by atoms with Gasteiger partial charge in [0, 0.05) is 23.5 Å². The van der Waals surface area contributed by atoms with Gasteiger partial charge >= 0.3 is 5.97 Å². The molecule has 1 aliphatic rings. The number of esters is 1. The molecule has 1 atom stereocenters. The Hall–Kier alpha value is -2.84. The molecule has 9 heteroatoms. The predicted octanol–water partition coefficient (Wildman–Crippen LogP) is 4.37. The fourth-order valence-corrected chi connectivity index (χ4v) is 4.61. The second-order valence-corrected chi connectivity index (χ2v) is 9.14.